The summed E-state index contributed by atoms with van der Waals surface area (Å²) in [6.45, 7) is 4.14. The molecule has 4 rings (SSSR count). The summed E-state index contributed by atoms with van der Waals surface area (Å²) < 4.78 is 13.0. The van der Waals surface area contributed by atoms with Crippen molar-refractivity contribution in [2.45, 2.75) is 26.7 Å². The van der Waals surface area contributed by atoms with Gasteiger partial charge in [0.2, 0.25) is 5.91 Å². The van der Waals surface area contributed by atoms with Gasteiger partial charge in [-0.25, -0.2) is 9.37 Å². The van der Waals surface area contributed by atoms with Gasteiger partial charge in [-0.05, 0) is 54.8 Å². The first-order valence-electron chi connectivity index (χ1n) is 10.6. The lowest BCUT2D eigenvalue weighted by Gasteiger charge is -2.05. The lowest BCUT2D eigenvalue weighted by Crippen LogP contribution is -2.13. The second-order valence-electron chi connectivity index (χ2n) is 7.84. The van der Waals surface area contributed by atoms with E-state index in [1.54, 1.807) is 0 Å². The van der Waals surface area contributed by atoms with Crippen LogP contribution in [-0.2, 0) is 4.79 Å². The Hall–Kier alpha value is -3.64. The van der Waals surface area contributed by atoms with Gasteiger partial charge in [0.05, 0.1) is 10.6 Å². The van der Waals surface area contributed by atoms with Gasteiger partial charge in [0, 0.05) is 24.0 Å². The number of benzene rings is 3. The van der Waals surface area contributed by atoms with Gasteiger partial charge in [-0.3, -0.25) is 9.59 Å². The highest BCUT2D eigenvalue weighted by Gasteiger charge is 2.17. The van der Waals surface area contributed by atoms with E-state index in [0.29, 0.717) is 10.7 Å². The summed E-state index contributed by atoms with van der Waals surface area (Å²) in [5.74, 6) is -0.891. The molecular weight excluding hydrogens is 435 g/mol. The van der Waals surface area contributed by atoms with Crippen molar-refractivity contribution in [1.29, 1.82) is 0 Å². The van der Waals surface area contributed by atoms with Gasteiger partial charge in [0.1, 0.15) is 5.82 Å². The Morgan fingerprint density at radius 3 is 2.30 bits per heavy atom. The number of aryl methyl sites for hydroxylation is 2. The van der Waals surface area contributed by atoms with Crippen molar-refractivity contribution < 1.29 is 14.0 Å². The predicted molar refractivity (Wildman–Crippen MR) is 131 cm³/mol. The minimum Gasteiger partial charge on any atom is -0.302 e. The maximum absolute atomic E-state index is 13.0. The fourth-order valence-electron chi connectivity index (χ4n) is 3.43. The Bertz CT molecular complexity index is 1300. The number of ketones is 1. The molecule has 1 aromatic heterocycles. The van der Waals surface area contributed by atoms with Crippen LogP contribution >= 0.6 is 11.3 Å². The second-order valence-corrected chi connectivity index (χ2v) is 8.84. The van der Waals surface area contributed by atoms with Crippen LogP contribution in [0.4, 0.5) is 9.52 Å². The Kier molecular flexibility index (Phi) is 6.75. The maximum atomic E-state index is 13.0. The van der Waals surface area contributed by atoms with Crippen LogP contribution in [-0.4, -0.2) is 16.7 Å². The van der Waals surface area contributed by atoms with E-state index in [0.717, 1.165) is 21.7 Å². The normalized spacial score (nSPS) is 10.8. The number of nitrogens with one attached hydrogen (secondary N) is 1. The van der Waals surface area contributed by atoms with Crippen molar-refractivity contribution in [3.8, 4) is 21.7 Å². The van der Waals surface area contributed by atoms with Crippen molar-refractivity contribution in [3.05, 3.63) is 95.3 Å². The highest BCUT2D eigenvalue weighted by molar-refractivity contribution is 7.19. The third-order valence-electron chi connectivity index (χ3n) is 5.44. The van der Waals surface area contributed by atoms with Crippen LogP contribution in [0.15, 0.2) is 72.8 Å². The largest absolute Gasteiger partial charge is 0.302 e. The van der Waals surface area contributed by atoms with Crippen LogP contribution in [0.3, 0.4) is 0 Å². The van der Waals surface area contributed by atoms with E-state index in [1.165, 1.54) is 46.7 Å². The molecule has 1 amide bonds. The maximum Gasteiger partial charge on any atom is 0.226 e. The smallest absolute Gasteiger partial charge is 0.226 e. The summed E-state index contributed by atoms with van der Waals surface area (Å²) >= 11 is 1.41. The monoisotopic (exact) mass is 458 g/mol. The molecule has 1 heterocycles. The van der Waals surface area contributed by atoms with Crippen molar-refractivity contribution in [3.63, 3.8) is 0 Å². The number of carbonyl (C=O) groups excluding carboxylic acids is 2. The lowest BCUT2D eigenvalue weighted by molar-refractivity contribution is -0.116. The molecule has 4 aromatic rings. The summed E-state index contributed by atoms with van der Waals surface area (Å²) in [5.41, 5.74) is 5.60. The molecule has 0 radical (unpaired) electrons. The van der Waals surface area contributed by atoms with Gasteiger partial charge < -0.3 is 5.32 Å². The third-order valence-corrected chi connectivity index (χ3v) is 6.46. The Labute approximate surface area is 196 Å². The predicted octanol–water partition coefficient (Wildman–Crippen LogP) is 6.83. The molecule has 0 saturated heterocycles. The third kappa shape index (κ3) is 5.41. The van der Waals surface area contributed by atoms with Crippen molar-refractivity contribution in [1.82, 2.24) is 4.98 Å². The zero-order valence-electron chi connectivity index (χ0n) is 18.4. The van der Waals surface area contributed by atoms with Crippen LogP contribution in [0.2, 0.25) is 0 Å². The first-order chi connectivity index (χ1) is 15.9. The van der Waals surface area contributed by atoms with E-state index in [9.17, 15) is 14.0 Å². The molecule has 0 aliphatic heterocycles. The average Bonchev–Trinajstić information content (AvgIpc) is 3.24. The molecule has 0 aliphatic rings. The van der Waals surface area contributed by atoms with E-state index in [2.05, 4.69) is 37.4 Å². The van der Waals surface area contributed by atoms with E-state index in [-0.39, 0.29) is 24.5 Å². The van der Waals surface area contributed by atoms with Crippen LogP contribution in [0.5, 0.6) is 0 Å². The highest BCUT2D eigenvalue weighted by atomic mass is 32.1. The van der Waals surface area contributed by atoms with Gasteiger partial charge in [0.25, 0.3) is 0 Å². The van der Waals surface area contributed by atoms with E-state index >= 15 is 0 Å². The van der Waals surface area contributed by atoms with Crippen LogP contribution in [0.1, 0.15) is 34.3 Å². The van der Waals surface area contributed by atoms with Crippen molar-refractivity contribution >= 4 is 28.2 Å². The molecule has 6 heteroatoms. The Balaban J connectivity index is 1.53. The molecule has 3 aromatic carbocycles. The molecule has 33 heavy (non-hydrogen) atoms. The van der Waals surface area contributed by atoms with Crippen molar-refractivity contribution in [2.24, 2.45) is 0 Å². The highest BCUT2D eigenvalue weighted by Crippen LogP contribution is 2.39. The quantitative estimate of drug-likeness (QED) is 0.309. The SMILES string of the molecule is Cc1ccc(-c2sc(NC(=O)CCC(=O)c3ccc(F)cc3)nc2-c2ccccc2)cc1C. The standard InChI is InChI=1S/C27H23FN2O2S/c1-17-8-9-21(16-18(17)2)26-25(20-6-4-3-5-7-20)30-27(33-26)29-24(32)15-14-23(31)19-10-12-22(28)13-11-19/h3-13,16H,14-15H2,1-2H3,(H,29,30,32). The van der Waals surface area contributed by atoms with Crippen LogP contribution < -0.4 is 5.32 Å². The zero-order chi connectivity index (χ0) is 23.4. The average molecular weight is 459 g/mol. The number of thiazole rings is 1. The number of hydrogen-bond acceptors (Lipinski definition) is 4. The summed E-state index contributed by atoms with van der Waals surface area (Å²) in [6.07, 6.45) is 0.0633. The van der Waals surface area contributed by atoms with Crippen LogP contribution in [0.25, 0.3) is 21.7 Å². The van der Waals surface area contributed by atoms with Gasteiger partial charge in [-0.2, -0.15) is 0 Å². The second kappa shape index (κ2) is 9.88. The summed E-state index contributed by atoms with van der Waals surface area (Å²) in [5, 5.41) is 3.33. The Morgan fingerprint density at radius 1 is 0.879 bits per heavy atom. The topological polar surface area (TPSA) is 59.1 Å². The molecule has 1 N–H and O–H groups in total. The van der Waals surface area contributed by atoms with E-state index < -0.39 is 5.82 Å². The number of nitrogens with zero attached hydrogens (tertiary/aromatic N) is 1. The first kappa shape index (κ1) is 22.6. The molecule has 4 nitrogen and oxygen atoms in total. The number of rotatable bonds is 7. The molecule has 0 bridgehead atoms. The number of Topliss-reactive ketones (excluding diaryl/α,β-unsaturated/α-hetero) is 1. The van der Waals surface area contributed by atoms with Gasteiger partial charge >= 0.3 is 0 Å². The molecule has 0 fully saturated rings. The Morgan fingerprint density at radius 2 is 1.61 bits per heavy atom. The van der Waals surface area contributed by atoms with Gasteiger partial charge in [0.15, 0.2) is 10.9 Å². The minimum atomic E-state index is -0.401. The number of carbonyl (C=O) groups is 2. The molecular formula is C27H23FN2O2S. The molecule has 0 saturated carbocycles. The van der Waals surface area contributed by atoms with E-state index in [4.69, 9.17) is 4.98 Å². The van der Waals surface area contributed by atoms with E-state index in [1.807, 2.05) is 30.3 Å². The number of halogens is 1. The van der Waals surface area contributed by atoms with Crippen molar-refractivity contribution in [2.75, 3.05) is 5.32 Å². The lowest BCUT2D eigenvalue weighted by atomic mass is 10.0. The molecule has 166 valence electrons. The fraction of sp³-hybridized carbons (Fsp3) is 0.148. The summed E-state index contributed by atoms with van der Waals surface area (Å²) in [4.78, 5) is 30.5. The number of amides is 1. The number of aromatic nitrogens is 1. The van der Waals surface area contributed by atoms with Gasteiger partial charge in [-0.15, -0.1) is 0 Å². The number of hydrogen-bond donors (Lipinski definition) is 1. The summed E-state index contributed by atoms with van der Waals surface area (Å²) in [6, 6.07) is 21.5. The molecule has 0 atom stereocenters. The van der Waals surface area contributed by atoms with Crippen LogP contribution in [0, 0.1) is 19.7 Å². The fourth-order valence-corrected chi connectivity index (χ4v) is 4.43. The molecule has 0 spiro atoms. The molecule has 0 unspecified atom stereocenters. The zero-order valence-corrected chi connectivity index (χ0v) is 19.2. The minimum absolute atomic E-state index is 0.0232. The summed E-state index contributed by atoms with van der Waals surface area (Å²) in [7, 11) is 0. The van der Waals surface area contributed by atoms with Gasteiger partial charge in [-0.1, -0.05) is 59.9 Å². The molecule has 0 aliphatic carbocycles. The first-order valence-corrected chi connectivity index (χ1v) is 11.4. The number of anilines is 1.